The highest BCUT2D eigenvalue weighted by Crippen LogP contribution is 2.16. The van der Waals surface area contributed by atoms with Crippen LogP contribution in [0.15, 0.2) is 18.3 Å². The number of hydrogen-bond acceptors (Lipinski definition) is 3. The van der Waals surface area contributed by atoms with Gasteiger partial charge in [-0.3, -0.25) is 4.79 Å². The number of alkyl halides is 1. The van der Waals surface area contributed by atoms with Crippen LogP contribution in [0.1, 0.15) is 17.3 Å². The van der Waals surface area contributed by atoms with Crippen molar-refractivity contribution < 1.29 is 13.9 Å². The molecule has 0 spiro atoms. The van der Waals surface area contributed by atoms with Crippen molar-refractivity contribution >= 4 is 5.78 Å². The van der Waals surface area contributed by atoms with Gasteiger partial charge in [-0.05, 0) is 19.1 Å². The SMILES string of the molecule is COc1ncccc1C(=O)C(C)F. The van der Waals surface area contributed by atoms with Crippen molar-refractivity contribution in [3.63, 3.8) is 0 Å². The summed E-state index contributed by atoms with van der Waals surface area (Å²) in [4.78, 5) is 15.0. The molecule has 1 unspecified atom stereocenters. The molecule has 1 heterocycles. The van der Waals surface area contributed by atoms with Crippen LogP contribution < -0.4 is 4.74 Å². The smallest absolute Gasteiger partial charge is 0.224 e. The van der Waals surface area contributed by atoms with Gasteiger partial charge in [0.15, 0.2) is 6.17 Å². The molecule has 13 heavy (non-hydrogen) atoms. The Bertz CT molecular complexity index is 312. The van der Waals surface area contributed by atoms with Gasteiger partial charge in [0.25, 0.3) is 0 Å². The van der Waals surface area contributed by atoms with Gasteiger partial charge in [-0.25, -0.2) is 9.37 Å². The van der Waals surface area contributed by atoms with Gasteiger partial charge in [0.05, 0.1) is 12.7 Å². The fourth-order valence-corrected chi connectivity index (χ4v) is 0.955. The maximum absolute atomic E-state index is 12.7. The minimum absolute atomic E-state index is 0.164. The van der Waals surface area contributed by atoms with Gasteiger partial charge in [-0.2, -0.15) is 0 Å². The zero-order chi connectivity index (χ0) is 9.84. The van der Waals surface area contributed by atoms with Gasteiger partial charge >= 0.3 is 0 Å². The van der Waals surface area contributed by atoms with Crippen LogP contribution in [0, 0.1) is 0 Å². The number of carbonyl (C=O) groups excluding carboxylic acids is 1. The predicted molar refractivity (Wildman–Crippen MR) is 45.7 cm³/mol. The third kappa shape index (κ3) is 2.02. The van der Waals surface area contributed by atoms with Crippen LogP contribution in [0.25, 0.3) is 0 Å². The molecule has 0 amide bonds. The first kappa shape index (κ1) is 9.64. The Balaban J connectivity index is 3.06. The molecule has 0 aliphatic heterocycles. The van der Waals surface area contributed by atoms with Crippen molar-refractivity contribution in [2.45, 2.75) is 13.1 Å². The quantitative estimate of drug-likeness (QED) is 0.668. The van der Waals surface area contributed by atoms with E-state index in [1.165, 1.54) is 26.3 Å². The van der Waals surface area contributed by atoms with E-state index < -0.39 is 12.0 Å². The lowest BCUT2D eigenvalue weighted by atomic mass is 10.1. The van der Waals surface area contributed by atoms with Crippen molar-refractivity contribution in [1.29, 1.82) is 0 Å². The molecule has 0 bridgehead atoms. The van der Waals surface area contributed by atoms with Crippen LogP contribution in [0.2, 0.25) is 0 Å². The summed E-state index contributed by atoms with van der Waals surface area (Å²) >= 11 is 0. The molecule has 0 fully saturated rings. The molecule has 0 saturated heterocycles. The second-order valence-corrected chi connectivity index (χ2v) is 2.54. The standard InChI is InChI=1S/C9H10FNO2/c1-6(10)8(12)7-4-3-5-11-9(7)13-2/h3-6H,1-2H3. The fourth-order valence-electron chi connectivity index (χ4n) is 0.955. The molecule has 0 saturated carbocycles. The minimum Gasteiger partial charge on any atom is -0.480 e. The highest BCUT2D eigenvalue weighted by Gasteiger charge is 2.18. The second-order valence-electron chi connectivity index (χ2n) is 2.54. The summed E-state index contributed by atoms with van der Waals surface area (Å²) < 4.78 is 17.5. The van der Waals surface area contributed by atoms with E-state index in [9.17, 15) is 9.18 Å². The lowest BCUT2D eigenvalue weighted by molar-refractivity contribution is 0.0889. The molecule has 3 nitrogen and oxygen atoms in total. The normalized spacial score (nSPS) is 12.2. The number of Topliss-reactive ketones (excluding diaryl/α,β-unsaturated/α-hetero) is 1. The highest BCUT2D eigenvalue weighted by molar-refractivity contribution is 6.00. The number of hydrogen-bond donors (Lipinski definition) is 0. The Morgan fingerprint density at radius 1 is 1.69 bits per heavy atom. The van der Waals surface area contributed by atoms with Gasteiger partial charge in [-0.1, -0.05) is 0 Å². The van der Waals surface area contributed by atoms with Crippen molar-refractivity contribution in [2.75, 3.05) is 7.11 Å². The van der Waals surface area contributed by atoms with Crippen LogP contribution >= 0.6 is 0 Å². The zero-order valence-corrected chi connectivity index (χ0v) is 7.45. The summed E-state index contributed by atoms with van der Waals surface area (Å²) in [5, 5.41) is 0. The summed E-state index contributed by atoms with van der Waals surface area (Å²) in [7, 11) is 1.39. The molecule has 0 N–H and O–H groups in total. The number of rotatable bonds is 3. The zero-order valence-electron chi connectivity index (χ0n) is 7.45. The van der Waals surface area contributed by atoms with Gasteiger partial charge in [-0.15, -0.1) is 0 Å². The molecule has 1 rings (SSSR count). The average Bonchev–Trinajstić information content (AvgIpc) is 2.16. The maximum atomic E-state index is 12.7. The molecular weight excluding hydrogens is 173 g/mol. The topological polar surface area (TPSA) is 39.2 Å². The van der Waals surface area contributed by atoms with E-state index >= 15 is 0 Å². The Morgan fingerprint density at radius 2 is 2.38 bits per heavy atom. The summed E-state index contributed by atoms with van der Waals surface area (Å²) in [5.74, 6) is -0.443. The van der Waals surface area contributed by atoms with E-state index in [0.717, 1.165) is 0 Å². The predicted octanol–water partition coefficient (Wildman–Crippen LogP) is 1.63. The number of aromatic nitrogens is 1. The Morgan fingerprint density at radius 3 is 2.92 bits per heavy atom. The molecule has 1 atom stereocenters. The molecule has 0 aliphatic carbocycles. The largest absolute Gasteiger partial charge is 0.480 e. The molecule has 0 aliphatic rings. The number of methoxy groups -OCH3 is 1. The molecule has 4 heteroatoms. The number of ketones is 1. The van der Waals surface area contributed by atoms with Gasteiger partial charge in [0.2, 0.25) is 11.7 Å². The summed E-state index contributed by atoms with van der Waals surface area (Å²) in [6.45, 7) is 1.19. The summed E-state index contributed by atoms with van der Waals surface area (Å²) in [5.41, 5.74) is 0.181. The molecule has 1 aromatic heterocycles. The van der Waals surface area contributed by atoms with Crippen molar-refractivity contribution in [2.24, 2.45) is 0 Å². The molecular formula is C9H10FNO2. The van der Waals surface area contributed by atoms with E-state index in [-0.39, 0.29) is 11.4 Å². The van der Waals surface area contributed by atoms with Crippen LogP contribution in [-0.4, -0.2) is 24.0 Å². The molecule has 70 valence electrons. The molecule has 0 radical (unpaired) electrons. The van der Waals surface area contributed by atoms with Crippen molar-refractivity contribution in [3.8, 4) is 5.88 Å². The van der Waals surface area contributed by atoms with E-state index in [4.69, 9.17) is 4.74 Å². The van der Waals surface area contributed by atoms with E-state index in [1.54, 1.807) is 6.07 Å². The first-order valence-corrected chi connectivity index (χ1v) is 3.84. The maximum Gasteiger partial charge on any atom is 0.224 e. The van der Waals surface area contributed by atoms with Gasteiger partial charge < -0.3 is 4.74 Å². The summed E-state index contributed by atoms with van der Waals surface area (Å²) in [6, 6.07) is 3.06. The fraction of sp³-hybridized carbons (Fsp3) is 0.333. The Kier molecular flexibility index (Phi) is 2.95. The number of pyridine rings is 1. The van der Waals surface area contributed by atoms with Crippen molar-refractivity contribution in [1.82, 2.24) is 4.98 Å². The second kappa shape index (κ2) is 3.98. The Hall–Kier alpha value is -1.45. The van der Waals surface area contributed by atoms with Crippen LogP contribution in [-0.2, 0) is 0 Å². The lowest BCUT2D eigenvalue weighted by Crippen LogP contribution is -2.13. The molecule has 1 aromatic rings. The molecule has 0 aromatic carbocycles. The van der Waals surface area contributed by atoms with Gasteiger partial charge in [0.1, 0.15) is 0 Å². The average molecular weight is 183 g/mol. The van der Waals surface area contributed by atoms with E-state index in [2.05, 4.69) is 4.98 Å². The Labute approximate surface area is 75.6 Å². The minimum atomic E-state index is -1.53. The lowest BCUT2D eigenvalue weighted by Gasteiger charge is -2.05. The third-order valence-corrected chi connectivity index (χ3v) is 1.59. The van der Waals surface area contributed by atoms with Crippen LogP contribution in [0.4, 0.5) is 4.39 Å². The monoisotopic (exact) mass is 183 g/mol. The summed E-state index contributed by atoms with van der Waals surface area (Å²) in [6.07, 6.45) is -0.0449. The number of carbonyl (C=O) groups is 1. The van der Waals surface area contributed by atoms with Gasteiger partial charge in [0, 0.05) is 6.20 Å². The van der Waals surface area contributed by atoms with Crippen LogP contribution in [0.5, 0.6) is 5.88 Å². The van der Waals surface area contributed by atoms with Crippen molar-refractivity contribution in [3.05, 3.63) is 23.9 Å². The first-order valence-electron chi connectivity index (χ1n) is 3.84. The van der Waals surface area contributed by atoms with E-state index in [1.807, 2.05) is 0 Å². The number of nitrogens with zero attached hydrogens (tertiary/aromatic N) is 1. The highest BCUT2D eigenvalue weighted by atomic mass is 19.1. The third-order valence-electron chi connectivity index (χ3n) is 1.59. The number of ether oxygens (including phenoxy) is 1. The van der Waals surface area contributed by atoms with E-state index in [0.29, 0.717) is 0 Å². The number of halogens is 1. The first-order chi connectivity index (χ1) is 6.16. The van der Waals surface area contributed by atoms with Crippen LogP contribution in [0.3, 0.4) is 0 Å².